The molecule has 2 nitrogen and oxygen atoms in total. The molecule has 3 heterocycles. The smallest absolute Gasteiger partial charge is 0.256 e. The van der Waals surface area contributed by atoms with Crippen molar-refractivity contribution in [3.05, 3.63) is 138 Å². The van der Waals surface area contributed by atoms with Crippen LogP contribution in [-0.4, -0.2) is 6.71 Å². The molecule has 194 valence electrons. The highest BCUT2D eigenvalue weighted by Gasteiger charge is 2.44. The van der Waals surface area contributed by atoms with E-state index in [1.807, 2.05) is 17.4 Å². The van der Waals surface area contributed by atoms with Crippen LogP contribution in [0, 0.1) is 5.92 Å². The van der Waals surface area contributed by atoms with Crippen LogP contribution in [0.15, 0.2) is 133 Å². The predicted octanol–water partition coefficient (Wildman–Crippen LogP) is 8.61. The van der Waals surface area contributed by atoms with Gasteiger partial charge in [0.1, 0.15) is 23.0 Å². The summed E-state index contributed by atoms with van der Waals surface area (Å²) >= 11 is 1.89. The summed E-state index contributed by atoms with van der Waals surface area (Å²) in [7, 11) is 0. The number of para-hydroxylation sites is 1. The molecular formula is C37H25BO2S. The van der Waals surface area contributed by atoms with E-state index < -0.39 is 0 Å². The monoisotopic (exact) mass is 544 g/mol. The van der Waals surface area contributed by atoms with Crippen molar-refractivity contribution < 1.29 is 9.47 Å². The fraction of sp³-hybridized carbons (Fsp3) is 0.0811. The summed E-state index contributed by atoms with van der Waals surface area (Å²) in [6.45, 7) is 2.48. The quantitative estimate of drug-likeness (QED) is 0.203. The minimum Gasteiger partial charge on any atom is -0.459 e. The first kappa shape index (κ1) is 23.2. The van der Waals surface area contributed by atoms with Crippen LogP contribution in [-0.2, 0) is 0 Å². The largest absolute Gasteiger partial charge is 0.459 e. The Morgan fingerprint density at radius 1 is 0.683 bits per heavy atom. The van der Waals surface area contributed by atoms with Crippen molar-refractivity contribution in [1.82, 2.24) is 0 Å². The second-order valence-electron chi connectivity index (χ2n) is 11.2. The summed E-state index contributed by atoms with van der Waals surface area (Å²) in [6.07, 6.45) is 4.52. The summed E-state index contributed by atoms with van der Waals surface area (Å²) in [6, 6.07) is 39.2. The van der Waals surface area contributed by atoms with Gasteiger partial charge in [-0.25, -0.2) is 0 Å². The van der Waals surface area contributed by atoms with Crippen LogP contribution >= 0.6 is 11.3 Å². The van der Waals surface area contributed by atoms with Crippen LogP contribution in [0.5, 0.6) is 17.2 Å². The van der Waals surface area contributed by atoms with Gasteiger partial charge in [-0.1, -0.05) is 97.9 Å². The molecule has 2 aliphatic heterocycles. The zero-order valence-corrected chi connectivity index (χ0v) is 23.3. The van der Waals surface area contributed by atoms with Crippen molar-refractivity contribution in [2.45, 2.75) is 12.8 Å². The molecule has 2 atom stereocenters. The third-order valence-electron chi connectivity index (χ3n) is 9.08. The molecule has 1 aromatic heterocycles. The zero-order chi connectivity index (χ0) is 27.1. The normalized spacial score (nSPS) is 18.5. The summed E-state index contributed by atoms with van der Waals surface area (Å²) in [5, 5.41) is 2.68. The average molecular weight is 544 g/mol. The van der Waals surface area contributed by atoms with Gasteiger partial charge in [0.15, 0.2) is 0 Å². The Balaban J connectivity index is 1.10. The maximum atomic E-state index is 6.51. The van der Waals surface area contributed by atoms with Gasteiger partial charge in [-0.05, 0) is 63.9 Å². The molecule has 4 heteroatoms. The lowest BCUT2D eigenvalue weighted by Gasteiger charge is -2.39. The van der Waals surface area contributed by atoms with Crippen molar-refractivity contribution >= 4 is 49.1 Å². The Kier molecular flexibility index (Phi) is 4.94. The number of hydrogen-bond acceptors (Lipinski definition) is 3. The number of fused-ring (bicyclic) bond motifs is 6. The lowest BCUT2D eigenvalue weighted by Crippen LogP contribution is -2.53. The van der Waals surface area contributed by atoms with Crippen LogP contribution in [0.2, 0.25) is 0 Å². The lowest BCUT2D eigenvalue weighted by molar-refractivity contribution is 0.414. The second kappa shape index (κ2) is 8.73. The topological polar surface area (TPSA) is 18.5 Å². The zero-order valence-electron chi connectivity index (χ0n) is 22.5. The summed E-state index contributed by atoms with van der Waals surface area (Å²) in [5.41, 5.74) is 7.60. The summed E-state index contributed by atoms with van der Waals surface area (Å²) < 4.78 is 15.5. The van der Waals surface area contributed by atoms with Gasteiger partial charge in [0.2, 0.25) is 0 Å². The summed E-state index contributed by atoms with van der Waals surface area (Å²) in [4.78, 5) is 0. The number of benzene rings is 5. The minimum atomic E-state index is 0.127. The van der Waals surface area contributed by atoms with E-state index in [-0.39, 0.29) is 18.5 Å². The molecule has 3 aliphatic rings. The van der Waals surface area contributed by atoms with E-state index in [0.29, 0.717) is 0 Å². The molecule has 6 aromatic rings. The van der Waals surface area contributed by atoms with Crippen molar-refractivity contribution in [2.24, 2.45) is 5.92 Å². The Bertz CT molecular complexity index is 2080. The van der Waals surface area contributed by atoms with Crippen LogP contribution in [0.1, 0.15) is 18.4 Å². The first-order chi connectivity index (χ1) is 20.2. The van der Waals surface area contributed by atoms with Gasteiger partial charge in [0, 0.05) is 31.6 Å². The highest BCUT2D eigenvalue weighted by Crippen LogP contribution is 2.45. The Morgan fingerprint density at radius 2 is 1.41 bits per heavy atom. The number of allylic oxidation sites excluding steroid dienone is 3. The van der Waals surface area contributed by atoms with Gasteiger partial charge < -0.3 is 9.47 Å². The standard InChI is InChI=1S/C37H25BO2S/c1-22-25(23-16-18-24(19-17-23)26-9-6-10-28-27-8-2-5-15-34(27)41-37(26)28)20-21-33-35(22)38-29-11-3-4-12-30(29)39-31-13-7-14-32(40-33)36(31)38/h2-22,25H,1H3. The molecule has 0 saturated carbocycles. The van der Waals surface area contributed by atoms with Crippen LogP contribution in [0.25, 0.3) is 31.3 Å². The Labute approximate surface area is 243 Å². The number of ether oxygens (including phenoxy) is 2. The first-order valence-corrected chi connectivity index (χ1v) is 15.1. The van der Waals surface area contributed by atoms with Crippen molar-refractivity contribution in [3.63, 3.8) is 0 Å². The molecule has 0 radical (unpaired) electrons. The molecular weight excluding hydrogens is 519 g/mol. The molecule has 0 spiro atoms. The molecule has 2 unspecified atom stereocenters. The molecule has 41 heavy (non-hydrogen) atoms. The van der Waals surface area contributed by atoms with E-state index in [9.17, 15) is 0 Å². The van der Waals surface area contributed by atoms with Crippen LogP contribution < -0.4 is 20.4 Å². The average Bonchev–Trinajstić information content (AvgIpc) is 3.40. The fourth-order valence-corrected chi connectivity index (χ4v) is 8.38. The first-order valence-electron chi connectivity index (χ1n) is 14.2. The van der Waals surface area contributed by atoms with Gasteiger partial charge in [0.05, 0.1) is 0 Å². The SMILES string of the molecule is CC1C2=C(C=CC1c1ccc(-c3cccc4c3sc3ccccc34)cc1)Oc1cccc3c1B2c1ccccc1O3. The van der Waals surface area contributed by atoms with Crippen molar-refractivity contribution in [3.8, 4) is 28.4 Å². The lowest BCUT2D eigenvalue weighted by atomic mass is 9.31. The third kappa shape index (κ3) is 3.38. The molecule has 9 rings (SSSR count). The van der Waals surface area contributed by atoms with E-state index in [0.717, 1.165) is 28.5 Å². The van der Waals surface area contributed by atoms with Gasteiger partial charge >= 0.3 is 0 Å². The van der Waals surface area contributed by atoms with E-state index in [4.69, 9.17) is 9.47 Å². The van der Waals surface area contributed by atoms with E-state index in [1.54, 1.807) is 0 Å². The van der Waals surface area contributed by atoms with E-state index in [1.165, 1.54) is 47.8 Å². The summed E-state index contributed by atoms with van der Waals surface area (Å²) in [5.74, 6) is 4.24. The number of rotatable bonds is 2. The highest BCUT2D eigenvalue weighted by molar-refractivity contribution is 7.26. The predicted molar refractivity (Wildman–Crippen MR) is 171 cm³/mol. The molecule has 0 bridgehead atoms. The molecule has 0 amide bonds. The van der Waals surface area contributed by atoms with Gasteiger partial charge in [-0.3, -0.25) is 0 Å². The van der Waals surface area contributed by atoms with E-state index >= 15 is 0 Å². The maximum absolute atomic E-state index is 6.51. The van der Waals surface area contributed by atoms with Gasteiger partial charge in [-0.2, -0.15) is 0 Å². The van der Waals surface area contributed by atoms with Crippen LogP contribution in [0.3, 0.4) is 0 Å². The Hall–Kier alpha value is -4.54. The number of thiophene rings is 1. The molecule has 0 N–H and O–H groups in total. The molecule has 0 saturated heterocycles. The van der Waals surface area contributed by atoms with Crippen molar-refractivity contribution in [2.75, 3.05) is 0 Å². The molecule has 0 fully saturated rings. The highest BCUT2D eigenvalue weighted by atomic mass is 32.1. The fourth-order valence-electron chi connectivity index (χ4n) is 7.14. The van der Waals surface area contributed by atoms with Gasteiger partial charge in [-0.15, -0.1) is 11.3 Å². The van der Waals surface area contributed by atoms with E-state index in [2.05, 4.69) is 122 Å². The number of hydrogen-bond donors (Lipinski definition) is 0. The second-order valence-corrected chi connectivity index (χ2v) is 12.3. The van der Waals surface area contributed by atoms with Gasteiger partial charge in [0.25, 0.3) is 6.71 Å². The van der Waals surface area contributed by atoms with Crippen molar-refractivity contribution in [1.29, 1.82) is 0 Å². The minimum absolute atomic E-state index is 0.127. The molecule has 5 aromatic carbocycles. The third-order valence-corrected chi connectivity index (χ3v) is 10.3. The maximum Gasteiger partial charge on any atom is 0.256 e. The van der Waals surface area contributed by atoms with Crippen LogP contribution in [0.4, 0.5) is 0 Å². The Morgan fingerprint density at radius 3 is 2.32 bits per heavy atom. The molecule has 1 aliphatic carbocycles.